The number of thiophene rings is 1. The van der Waals surface area contributed by atoms with Gasteiger partial charge in [0, 0.05) is 13.2 Å². The number of nitrogens with one attached hydrogen (secondary N) is 1. The van der Waals surface area contributed by atoms with Crippen LogP contribution in [0.5, 0.6) is 0 Å². The summed E-state index contributed by atoms with van der Waals surface area (Å²) in [5, 5.41) is 8.12. The van der Waals surface area contributed by atoms with Crippen LogP contribution in [0.4, 0.5) is 0 Å². The van der Waals surface area contributed by atoms with E-state index in [1.807, 2.05) is 7.11 Å². The SMILES string of the molecule is CCCNC(Cc1ccsc1)CC1(OC)CCC1. The molecule has 1 fully saturated rings. The molecule has 1 atom stereocenters. The van der Waals surface area contributed by atoms with Gasteiger partial charge in [-0.3, -0.25) is 0 Å². The minimum Gasteiger partial charge on any atom is -0.378 e. The molecule has 0 amide bonds. The lowest BCUT2D eigenvalue weighted by molar-refractivity contribution is -0.0833. The van der Waals surface area contributed by atoms with Gasteiger partial charge in [0.15, 0.2) is 0 Å². The average molecular weight is 267 g/mol. The molecule has 0 bridgehead atoms. The van der Waals surface area contributed by atoms with Crippen LogP contribution in [0.3, 0.4) is 0 Å². The maximum absolute atomic E-state index is 5.77. The number of methoxy groups -OCH3 is 1. The molecule has 0 aromatic carbocycles. The number of ether oxygens (including phenoxy) is 1. The van der Waals surface area contributed by atoms with Crippen molar-refractivity contribution in [3.05, 3.63) is 22.4 Å². The fraction of sp³-hybridized carbons (Fsp3) is 0.733. The zero-order valence-corrected chi connectivity index (χ0v) is 12.4. The van der Waals surface area contributed by atoms with Crippen LogP contribution >= 0.6 is 11.3 Å². The lowest BCUT2D eigenvalue weighted by Crippen LogP contribution is -2.46. The van der Waals surface area contributed by atoms with E-state index in [4.69, 9.17) is 4.74 Å². The molecular formula is C15H25NOS. The third-order valence-corrected chi connectivity index (χ3v) is 4.79. The van der Waals surface area contributed by atoms with E-state index in [1.54, 1.807) is 11.3 Å². The maximum Gasteiger partial charge on any atom is 0.0693 e. The predicted molar refractivity (Wildman–Crippen MR) is 78.3 cm³/mol. The summed E-state index contributed by atoms with van der Waals surface area (Å²) < 4.78 is 5.77. The van der Waals surface area contributed by atoms with E-state index in [0.29, 0.717) is 6.04 Å². The van der Waals surface area contributed by atoms with Crippen molar-refractivity contribution >= 4 is 11.3 Å². The Morgan fingerprint density at radius 1 is 1.50 bits per heavy atom. The molecule has 2 rings (SSSR count). The van der Waals surface area contributed by atoms with E-state index in [0.717, 1.165) is 19.4 Å². The van der Waals surface area contributed by atoms with Crippen molar-refractivity contribution in [3.8, 4) is 0 Å². The highest BCUT2D eigenvalue weighted by Crippen LogP contribution is 2.39. The van der Waals surface area contributed by atoms with Gasteiger partial charge in [0.2, 0.25) is 0 Å². The summed E-state index contributed by atoms with van der Waals surface area (Å²) in [6.07, 6.45) is 7.27. The monoisotopic (exact) mass is 267 g/mol. The molecule has 1 aliphatic carbocycles. The molecule has 1 aliphatic rings. The summed E-state index contributed by atoms with van der Waals surface area (Å²) in [4.78, 5) is 0. The topological polar surface area (TPSA) is 21.3 Å². The van der Waals surface area contributed by atoms with Gasteiger partial charge in [-0.1, -0.05) is 6.92 Å². The van der Waals surface area contributed by atoms with E-state index < -0.39 is 0 Å². The van der Waals surface area contributed by atoms with Crippen LogP contribution < -0.4 is 5.32 Å². The quantitative estimate of drug-likeness (QED) is 0.777. The third-order valence-electron chi connectivity index (χ3n) is 4.06. The third kappa shape index (κ3) is 3.56. The molecule has 1 aromatic rings. The van der Waals surface area contributed by atoms with Crippen LogP contribution in [0.2, 0.25) is 0 Å². The zero-order chi connectivity index (χ0) is 12.8. The van der Waals surface area contributed by atoms with Crippen molar-refractivity contribution in [2.24, 2.45) is 0 Å². The number of hydrogen-bond donors (Lipinski definition) is 1. The molecule has 0 aliphatic heterocycles. The van der Waals surface area contributed by atoms with Gasteiger partial charge in [-0.25, -0.2) is 0 Å². The van der Waals surface area contributed by atoms with E-state index in [1.165, 1.54) is 31.2 Å². The van der Waals surface area contributed by atoms with Crippen LogP contribution in [0.25, 0.3) is 0 Å². The van der Waals surface area contributed by atoms with Crippen molar-refractivity contribution in [1.82, 2.24) is 5.32 Å². The second kappa shape index (κ2) is 6.69. The van der Waals surface area contributed by atoms with Crippen molar-refractivity contribution in [1.29, 1.82) is 0 Å². The van der Waals surface area contributed by atoms with Crippen molar-refractivity contribution in [2.75, 3.05) is 13.7 Å². The fourth-order valence-corrected chi connectivity index (χ4v) is 3.45. The maximum atomic E-state index is 5.77. The largest absolute Gasteiger partial charge is 0.378 e. The fourth-order valence-electron chi connectivity index (χ4n) is 2.77. The van der Waals surface area contributed by atoms with E-state index >= 15 is 0 Å². The highest BCUT2D eigenvalue weighted by atomic mass is 32.1. The Hall–Kier alpha value is -0.380. The molecule has 2 nitrogen and oxygen atoms in total. The standard InChI is InChI=1S/C15H25NOS/c1-3-8-16-14(10-13-5-9-18-12-13)11-15(17-2)6-4-7-15/h5,9,12,14,16H,3-4,6-8,10-11H2,1-2H3. The van der Waals surface area contributed by atoms with Crippen molar-refractivity contribution in [3.63, 3.8) is 0 Å². The van der Waals surface area contributed by atoms with Gasteiger partial charge in [0.05, 0.1) is 5.60 Å². The van der Waals surface area contributed by atoms with E-state index in [-0.39, 0.29) is 5.60 Å². The Morgan fingerprint density at radius 3 is 2.83 bits per heavy atom. The zero-order valence-electron chi connectivity index (χ0n) is 11.6. The summed E-state index contributed by atoms with van der Waals surface area (Å²) in [6, 6.07) is 2.80. The van der Waals surface area contributed by atoms with Gasteiger partial charge in [-0.15, -0.1) is 0 Å². The Bertz CT molecular complexity index is 327. The Morgan fingerprint density at radius 2 is 2.33 bits per heavy atom. The summed E-state index contributed by atoms with van der Waals surface area (Å²) in [6.45, 7) is 3.33. The van der Waals surface area contributed by atoms with Gasteiger partial charge in [0.25, 0.3) is 0 Å². The van der Waals surface area contributed by atoms with E-state index in [2.05, 4.69) is 29.1 Å². The first-order chi connectivity index (χ1) is 8.78. The molecule has 1 aromatic heterocycles. The summed E-state index contributed by atoms with van der Waals surface area (Å²) in [5.41, 5.74) is 1.63. The molecule has 102 valence electrons. The highest BCUT2D eigenvalue weighted by molar-refractivity contribution is 7.07. The van der Waals surface area contributed by atoms with Gasteiger partial charge < -0.3 is 10.1 Å². The lowest BCUT2D eigenvalue weighted by Gasteiger charge is -2.43. The van der Waals surface area contributed by atoms with E-state index in [9.17, 15) is 0 Å². The molecule has 0 saturated heterocycles. The predicted octanol–water partition coefficient (Wildman–Crippen LogP) is 3.62. The molecule has 0 spiro atoms. The van der Waals surface area contributed by atoms with Crippen LogP contribution in [0, 0.1) is 0 Å². The van der Waals surface area contributed by atoms with Crippen LogP contribution in [0.15, 0.2) is 16.8 Å². The minimum atomic E-state index is 0.168. The Kier molecular flexibility index (Phi) is 5.22. The second-order valence-corrected chi connectivity index (χ2v) is 6.21. The molecule has 1 unspecified atom stereocenters. The molecule has 1 N–H and O–H groups in total. The normalized spacial score (nSPS) is 19.4. The molecular weight excluding hydrogens is 242 g/mol. The van der Waals surface area contributed by atoms with Crippen LogP contribution in [-0.4, -0.2) is 25.3 Å². The number of hydrogen-bond acceptors (Lipinski definition) is 3. The molecule has 0 radical (unpaired) electrons. The highest BCUT2D eigenvalue weighted by Gasteiger charge is 2.38. The summed E-state index contributed by atoms with van der Waals surface area (Å²) >= 11 is 1.79. The van der Waals surface area contributed by atoms with Gasteiger partial charge in [-0.05, 0) is 67.5 Å². The summed E-state index contributed by atoms with van der Waals surface area (Å²) in [5.74, 6) is 0. The Labute approximate surface area is 115 Å². The molecule has 1 saturated carbocycles. The Balaban J connectivity index is 1.91. The first-order valence-corrected chi connectivity index (χ1v) is 8.02. The smallest absolute Gasteiger partial charge is 0.0693 e. The van der Waals surface area contributed by atoms with Gasteiger partial charge in [-0.2, -0.15) is 11.3 Å². The second-order valence-electron chi connectivity index (χ2n) is 5.43. The van der Waals surface area contributed by atoms with Gasteiger partial charge >= 0.3 is 0 Å². The first kappa shape index (κ1) is 14.0. The van der Waals surface area contributed by atoms with Crippen molar-refractivity contribution < 1.29 is 4.74 Å². The summed E-state index contributed by atoms with van der Waals surface area (Å²) in [7, 11) is 1.88. The van der Waals surface area contributed by atoms with Crippen LogP contribution in [0.1, 0.15) is 44.6 Å². The minimum absolute atomic E-state index is 0.168. The molecule has 18 heavy (non-hydrogen) atoms. The average Bonchev–Trinajstić information content (AvgIpc) is 2.83. The molecule has 3 heteroatoms. The van der Waals surface area contributed by atoms with Gasteiger partial charge in [0.1, 0.15) is 0 Å². The van der Waals surface area contributed by atoms with Crippen molar-refractivity contribution in [2.45, 2.75) is 57.1 Å². The first-order valence-electron chi connectivity index (χ1n) is 7.07. The number of rotatable bonds is 8. The molecule has 1 heterocycles. The van der Waals surface area contributed by atoms with Crippen LogP contribution in [-0.2, 0) is 11.2 Å². The lowest BCUT2D eigenvalue weighted by atomic mass is 9.75.